The van der Waals surface area contributed by atoms with Gasteiger partial charge >= 0.3 is 5.97 Å². The zero-order chi connectivity index (χ0) is 20.4. The van der Waals surface area contributed by atoms with Gasteiger partial charge in [0.15, 0.2) is 0 Å². The number of ether oxygens (including phenoxy) is 1. The number of hydrogen-bond donors (Lipinski definition) is 4. The molecule has 1 aromatic carbocycles. The summed E-state index contributed by atoms with van der Waals surface area (Å²) in [7, 11) is 1.11. The predicted octanol–water partition coefficient (Wildman–Crippen LogP) is 0.716. The van der Waals surface area contributed by atoms with E-state index in [-0.39, 0.29) is 16.7 Å². The maximum Gasteiger partial charge on any atom is 0.343 e. The maximum absolute atomic E-state index is 12.6. The Bertz CT molecular complexity index is 1190. The van der Waals surface area contributed by atoms with Crippen molar-refractivity contribution in [1.82, 2.24) is 9.97 Å². The number of aromatic nitrogens is 2. The molecule has 3 rings (SSSR count). The molecule has 2 heterocycles. The standard InChI is InChI=1S/C19H17N3O6/c1-28-19(27)12-8-21-18(26)15(16(12)24)10(7-14(20)23)11-6-9-4-2-3-5-13(9)22-17(11)25/h2-6,8,10H,7H2,1H3,(H2,20,23)(H,22,25)(H2,21,24,26)/t10-/m0/s1. The first kappa shape index (κ1) is 18.9. The Labute approximate surface area is 157 Å². The first-order valence-electron chi connectivity index (χ1n) is 8.26. The third-order valence-electron chi connectivity index (χ3n) is 4.42. The van der Waals surface area contributed by atoms with Gasteiger partial charge in [0.1, 0.15) is 11.3 Å². The van der Waals surface area contributed by atoms with Crippen molar-refractivity contribution in [3.63, 3.8) is 0 Å². The Morgan fingerprint density at radius 2 is 1.93 bits per heavy atom. The highest BCUT2D eigenvalue weighted by atomic mass is 16.5. The fourth-order valence-electron chi connectivity index (χ4n) is 3.12. The number of esters is 1. The molecule has 0 spiro atoms. The number of aromatic amines is 2. The van der Waals surface area contributed by atoms with Crippen LogP contribution in [0.2, 0.25) is 0 Å². The number of aromatic hydroxyl groups is 1. The number of nitrogens with two attached hydrogens (primary N) is 1. The molecular weight excluding hydrogens is 366 g/mol. The van der Waals surface area contributed by atoms with Gasteiger partial charge in [0.2, 0.25) is 5.91 Å². The molecule has 1 amide bonds. The van der Waals surface area contributed by atoms with Crippen molar-refractivity contribution in [3.05, 3.63) is 73.9 Å². The van der Waals surface area contributed by atoms with E-state index in [0.717, 1.165) is 13.3 Å². The van der Waals surface area contributed by atoms with Gasteiger partial charge in [0.05, 0.1) is 12.7 Å². The van der Waals surface area contributed by atoms with Crippen molar-refractivity contribution in [2.24, 2.45) is 5.73 Å². The zero-order valence-electron chi connectivity index (χ0n) is 14.8. The number of amides is 1. The average molecular weight is 383 g/mol. The summed E-state index contributed by atoms with van der Waals surface area (Å²) < 4.78 is 4.58. The lowest BCUT2D eigenvalue weighted by atomic mass is 9.87. The summed E-state index contributed by atoms with van der Waals surface area (Å²) in [6.07, 6.45) is 0.571. The summed E-state index contributed by atoms with van der Waals surface area (Å²) in [4.78, 5) is 53.6. The number of carbonyl (C=O) groups is 2. The predicted molar refractivity (Wildman–Crippen MR) is 100 cm³/mol. The number of nitrogens with one attached hydrogen (secondary N) is 2. The van der Waals surface area contributed by atoms with Crippen molar-refractivity contribution < 1.29 is 19.4 Å². The summed E-state index contributed by atoms with van der Waals surface area (Å²) in [5, 5.41) is 11.2. The first-order valence-corrected chi connectivity index (χ1v) is 8.26. The molecule has 5 N–H and O–H groups in total. The van der Waals surface area contributed by atoms with Crippen molar-refractivity contribution in [1.29, 1.82) is 0 Å². The van der Waals surface area contributed by atoms with E-state index in [2.05, 4.69) is 14.7 Å². The lowest BCUT2D eigenvalue weighted by molar-refractivity contribution is -0.118. The van der Waals surface area contributed by atoms with E-state index in [1.54, 1.807) is 24.3 Å². The molecule has 0 saturated carbocycles. The van der Waals surface area contributed by atoms with Crippen LogP contribution in [0.1, 0.15) is 33.8 Å². The number of hydrogen-bond acceptors (Lipinski definition) is 6. The van der Waals surface area contributed by atoms with Gasteiger partial charge in [-0.1, -0.05) is 18.2 Å². The second-order valence-corrected chi connectivity index (χ2v) is 6.15. The number of carbonyl (C=O) groups excluding carboxylic acids is 2. The number of para-hydroxylation sites is 1. The third kappa shape index (κ3) is 3.37. The maximum atomic E-state index is 12.6. The van der Waals surface area contributed by atoms with E-state index in [1.807, 2.05) is 0 Å². The van der Waals surface area contributed by atoms with Crippen LogP contribution in [0.25, 0.3) is 10.9 Å². The average Bonchev–Trinajstić information content (AvgIpc) is 2.66. The van der Waals surface area contributed by atoms with Crippen LogP contribution in [0.15, 0.2) is 46.1 Å². The van der Waals surface area contributed by atoms with Gasteiger partial charge in [-0.2, -0.15) is 0 Å². The number of pyridine rings is 2. The number of fused-ring (bicyclic) bond motifs is 1. The molecule has 0 fully saturated rings. The van der Waals surface area contributed by atoms with Crippen LogP contribution in [-0.2, 0) is 9.53 Å². The summed E-state index contributed by atoms with van der Waals surface area (Å²) in [5.41, 5.74) is 4.01. The number of methoxy groups -OCH3 is 1. The second-order valence-electron chi connectivity index (χ2n) is 6.15. The summed E-state index contributed by atoms with van der Waals surface area (Å²) in [6, 6.07) is 8.47. The SMILES string of the molecule is COC(=O)c1c[nH]c(=O)c([C@@H](CC(N)=O)c2cc3ccccc3[nH]c2=O)c1O. The van der Waals surface area contributed by atoms with Gasteiger partial charge in [-0.15, -0.1) is 0 Å². The first-order chi connectivity index (χ1) is 13.3. The number of H-pyrrole nitrogens is 2. The quantitative estimate of drug-likeness (QED) is 0.476. The van der Waals surface area contributed by atoms with E-state index in [9.17, 15) is 24.3 Å². The minimum Gasteiger partial charge on any atom is -0.506 e. The van der Waals surface area contributed by atoms with Crippen molar-refractivity contribution in [2.75, 3.05) is 7.11 Å². The van der Waals surface area contributed by atoms with Crippen molar-refractivity contribution in [2.45, 2.75) is 12.3 Å². The van der Waals surface area contributed by atoms with Crippen LogP contribution in [-0.4, -0.2) is 34.1 Å². The summed E-state index contributed by atoms with van der Waals surface area (Å²) in [6.45, 7) is 0. The van der Waals surface area contributed by atoms with Crippen LogP contribution in [0.5, 0.6) is 5.75 Å². The summed E-state index contributed by atoms with van der Waals surface area (Å²) in [5.74, 6) is -3.52. The monoisotopic (exact) mass is 383 g/mol. The molecule has 0 radical (unpaired) electrons. The van der Waals surface area contributed by atoms with Crippen molar-refractivity contribution >= 4 is 22.8 Å². The lowest BCUT2D eigenvalue weighted by Gasteiger charge is -2.17. The summed E-state index contributed by atoms with van der Waals surface area (Å²) >= 11 is 0. The van der Waals surface area contributed by atoms with Gasteiger partial charge in [0, 0.05) is 29.6 Å². The highest BCUT2D eigenvalue weighted by molar-refractivity contribution is 5.92. The van der Waals surface area contributed by atoms with Gasteiger partial charge < -0.3 is 25.5 Å². The molecule has 0 aliphatic rings. The number of benzene rings is 1. The molecule has 2 aromatic heterocycles. The van der Waals surface area contributed by atoms with Gasteiger partial charge in [-0.25, -0.2) is 4.79 Å². The molecule has 0 bridgehead atoms. The van der Waals surface area contributed by atoms with Crippen LogP contribution in [0.3, 0.4) is 0 Å². The lowest BCUT2D eigenvalue weighted by Crippen LogP contribution is -2.27. The Morgan fingerprint density at radius 3 is 2.61 bits per heavy atom. The fourth-order valence-corrected chi connectivity index (χ4v) is 3.12. The minimum absolute atomic E-state index is 0.0558. The molecule has 0 saturated heterocycles. The zero-order valence-corrected chi connectivity index (χ0v) is 14.8. The Hall–Kier alpha value is -3.88. The molecule has 0 aliphatic carbocycles. The van der Waals surface area contributed by atoms with Crippen LogP contribution in [0.4, 0.5) is 0 Å². The molecule has 9 nitrogen and oxygen atoms in total. The van der Waals surface area contributed by atoms with E-state index in [1.165, 1.54) is 6.07 Å². The fraction of sp³-hybridized carbons (Fsp3) is 0.158. The second kappa shape index (κ2) is 7.39. The van der Waals surface area contributed by atoms with Gasteiger partial charge in [-0.3, -0.25) is 14.4 Å². The molecular formula is C19H17N3O6. The normalized spacial score (nSPS) is 11.9. The van der Waals surface area contributed by atoms with Gasteiger partial charge in [0.25, 0.3) is 11.1 Å². The molecule has 9 heteroatoms. The van der Waals surface area contributed by atoms with Crippen molar-refractivity contribution in [3.8, 4) is 5.75 Å². The molecule has 0 aliphatic heterocycles. The molecule has 1 atom stereocenters. The largest absolute Gasteiger partial charge is 0.506 e. The molecule has 28 heavy (non-hydrogen) atoms. The van der Waals surface area contributed by atoms with E-state index >= 15 is 0 Å². The van der Waals surface area contributed by atoms with Crippen LogP contribution >= 0.6 is 0 Å². The molecule has 144 valence electrons. The highest BCUT2D eigenvalue weighted by Gasteiger charge is 2.29. The van der Waals surface area contributed by atoms with Gasteiger partial charge in [-0.05, 0) is 17.5 Å². The smallest absolute Gasteiger partial charge is 0.343 e. The Balaban J connectivity index is 2.30. The van der Waals surface area contributed by atoms with E-state index in [0.29, 0.717) is 10.9 Å². The Kier molecular flexibility index (Phi) is 4.99. The molecule has 0 unspecified atom stereocenters. The van der Waals surface area contributed by atoms with Crippen LogP contribution < -0.4 is 16.9 Å². The topological polar surface area (TPSA) is 155 Å². The minimum atomic E-state index is -1.17. The van der Waals surface area contributed by atoms with E-state index < -0.39 is 41.1 Å². The van der Waals surface area contributed by atoms with E-state index in [4.69, 9.17) is 5.73 Å². The Morgan fingerprint density at radius 1 is 1.21 bits per heavy atom. The molecule has 3 aromatic rings. The third-order valence-corrected chi connectivity index (χ3v) is 4.42. The van der Waals surface area contributed by atoms with Crippen LogP contribution in [0, 0.1) is 0 Å². The number of rotatable bonds is 5. The highest BCUT2D eigenvalue weighted by Crippen LogP contribution is 2.32. The number of primary amides is 1.